The predicted molar refractivity (Wildman–Crippen MR) is 82.1 cm³/mol. The number of hydrogen-bond acceptors (Lipinski definition) is 3. The van der Waals surface area contributed by atoms with Gasteiger partial charge < -0.3 is 10.1 Å². The molecule has 0 spiro atoms. The standard InChI is InChI=1S/C17H23NO3/c1-12(2)14-9-5-6-10-15(14)18-16(19)11-21-17(20)13-7-3-4-8-13/h5-6,9-10,12-13H,3-4,7-8,11H2,1-2H3,(H,18,19). The normalized spacial score (nSPS) is 15.2. The summed E-state index contributed by atoms with van der Waals surface area (Å²) >= 11 is 0. The molecule has 1 aromatic carbocycles. The fourth-order valence-electron chi connectivity index (χ4n) is 2.72. The molecule has 4 heteroatoms. The van der Waals surface area contributed by atoms with Gasteiger partial charge in [0.15, 0.2) is 6.61 Å². The van der Waals surface area contributed by atoms with Crippen LogP contribution in [0.1, 0.15) is 51.0 Å². The molecular weight excluding hydrogens is 266 g/mol. The minimum atomic E-state index is -0.283. The van der Waals surface area contributed by atoms with Crippen LogP contribution in [0.3, 0.4) is 0 Å². The second-order valence-corrected chi connectivity index (χ2v) is 5.88. The number of ether oxygens (including phenoxy) is 1. The monoisotopic (exact) mass is 289 g/mol. The van der Waals surface area contributed by atoms with Gasteiger partial charge in [-0.1, -0.05) is 44.9 Å². The predicted octanol–water partition coefficient (Wildman–Crippen LogP) is 3.48. The summed E-state index contributed by atoms with van der Waals surface area (Å²) in [6, 6.07) is 7.69. The van der Waals surface area contributed by atoms with Crippen LogP contribution in [0.5, 0.6) is 0 Å². The van der Waals surface area contributed by atoms with E-state index < -0.39 is 0 Å². The Hall–Kier alpha value is -1.84. The quantitative estimate of drug-likeness (QED) is 0.844. The molecule has 0 aliphatic heterocycles. The zero-order valence-corrected chi connectivity index (χ0v) is 12.7. The van der Waals surface area contributed by atoms with E-state index in [4.69, 9.17) is 4.74 Å². The molecule has 1 aliphatic rings. The van der Waals surface area contributed by atoms with Gasteiger partial charge in [0.1, 0.15) is 0 Å². The summed E-state index contributed by atoms with van der Waals surface area (Å²) in [6.45, 7) is 3.94. The summed E-state index contributed by atoms with van der Waals surface area (Å²) in [5, 5.41) is 2.82. The van der Waals surface area contributed by atoms with Gasteiger partial charge in [0.2, 0.25) is 0 Å². The number of carbonyl (C=O) groups excluding carboxylic acids is 2. The van der Waals surface area contributed by atoms with Crippen LogP contribution in [-0.2, 0) is 14.3 Å². The van der Waals surface area contributed by atoms with Crippen molar-refractivity contribution in [1.82, 2.24) is 0 Å². The van der Waals surface area contributed by atoms with Crippen LogP contribution < -0.4 is 5.32 Å². The van der Waals surface area contributed by atoms with Crippen LogP contribution in [0.2, 0.25) is 0 Å². The Balaban J connectivity index is 1.86. The molecule has 1 fully saturated rings. The molecule has 4 nitrogen and oxygen atoms in total. The third-order valence-electron chi connectivity index (χ3n) is 3.89. The molecule has 0 saturated heterocycles. The largest absolute Gasteiger partial charge is 0.455 e. The first-order chi connectivity index (χ1) is 10.1. The second-order valence-electron chi connectivity index (χ2n) is 5.88. The number of amides is 1. The highest BCUT2D eigenvalue weighted by Crippen LogP contribution is 2.26. The first-order valence-electron chi connectivity index (χ1n) is 7.63. The fraction of sp³-hybridized carbons (Fsp3) is 0.529. The maximum atomic E-state index is 11.9. The summed E-state index contributed by atoms with van der Waals surface area (Å²) in [6.07, 6.45) is 3.93. The van der Waals surface area contributed by atoms with E-state index in [2.05, 4.69) is 19.2 Å². The van der Waals surface area contributed by atoms with E-state index in [0.717, 1.165) is 36.9 Å². The van der Waals surface area contributed by atoms with Crippen molar-refractivity contribution in [2.24, 2.45) is 5.92 Å². The highest BCUT2D eigenvalue weighted by Gasteiger charge is 2.24. The number of benzene rings is 1. The van der Waals surface area contributed by atoms with Gasteiger partial charge >= 0.3 is 5.97 Å². The van der Waals surface area contributed by atoms with Gasteiger partial charge in [0.05, 0.1) is 5.92 Å². The van der Waals surface area contributed by atoms with Crippen LogP contribution in [-0.4, -0.2) is 18.5 Å². The Morgan fingerprint density at radius 1 is 1.24 bits per heavy atom. The second kappa shape index (κ2) is 7.25. The van der Waals surface area contributed by atoms with E-state index in [1.807, 2.05) is 24.3 Å². The number of esters is 1. The molecule has 1 amide bonds. The summed E-state index contributed by atoms with van der Waals surface area (Å²) in [5.74, 6) is -0.211. The lowest BCUT2D eigenvalue weighted by Gasteiger charge is -2.14. The van der Waals surface area contributed by atoms with Crippen molar-refractivity contribution in [2.75, 3.05) is 11.9 Å². The van der Waals surface area contributed by atoms with Crippen molar-refractivity contribution in [3.63, 3.8) is 0 Å². The average molecular weight is 289 g/mol. The summed E-state index contributed by atoms with van der Waals surface area (Å²) in [7, 11) is 0. The molecular formula is C17H23NO3. The molecule has 1 saturated carbocycles. The van der Waals surface area contributed by atoms with E-state index in [1.54, 1.807) is 0 Å². The van der Waals surface area contributed by atoms with Crippen molar-refractivity contribution in [2.45, 2.75) is 45.4 Å². The summed E-state index contributed by atoms with van der Waals surface area (Å²) in [5.41, 5.74) is 1.86. The van der Waals surface area contributed by atoms with Crippen molar-refractivity contribution < 1.29 is 14.3 Å². The Kier molecular flexibility index (Phi) is 5.37. The maximum absolute atomic E-state index is 11.9. The molecule has 1 aliphatic carbocycles. The van der Waals surface area contributed by atoms with Gasteiger partial charge in [-0.05, 0) is 30.4 Å². The number of hydrogen-bond donors (Lipinski definition) is 1. The zero-order valence-electron chi connectivity index (χ0n) is 12.7. The van der Waals surface area contributed by atoms with Crippen LogP contribution in [0.15, 0.2) is 24.3 Å². The molecule has 1 aromatic rings. The highest BCUT2D eigenvalue weighted by molar-refractivity contribution is 5.93. The minimum Gasteiger partial charge on any atom is -0.455 e. The van der Waals surface area contributed by atoms with E-state index in [0.29, 0.717) is 5.92 Å². The molecule has 2 rings (SSSR count). The van der Waals surface area contributed by atoms with Crippen LogP contribution in [0, 0.1) is 5.92 Å². The Morgan fingerprint density at radius 2 is 1.90 bits per heavy atom. The van der Waals surface area contributed by atoms with Gasteiger partial charge in [-0.25, -0.2) is 0 Å². The highest BCUT2D eigenvalue weighted by atomic mass is 16.5. The van der Waals surface area contributed by atoms with E-state index in [1.165, 1.54) is 0 Å². The fourth-order valence-corrected chi connectivity index (χ4v) is 2.72. The van der Waals surface area contributed by atoms with Crippen LogP contribution >= 0.6 is 0 Å². The van der Waals surface area contributed by atoms with Crippen molar-refractivity contribution in [3.05, 3.63) is 29.8 Å². The number of para-hydroxylation sites is 1. The Morgan fingerprint density at radius 3 is 2.57 bits per heavy atom. The summed E-state index contributed by atoms with van der Waals surface area (Å²) in [4.78, 5) is 23.7. The van der Waals surface area contributed by atoms with Gasteiger partial charge in [-0.2, -0.15) is 0 Å². The molecule has 21 heavy (non-hydrogen) atoms. The van der Waals surface area contributed by atoms with E-state index in [9.17, 15) is 9.59 Å². The molecule has 0 unspecified atom stereocenters. The SMILES string of the molecule is CC(C)c1ccccc1NC(=O)COC(=O)C1CCCC1. The minimum absolute atomic E-state index is 0.0132. The van der Waals surface area contributed by atoms with Gasteiger partial charge in [-0.15, -0.1) is 0 Å². The number of anilines is 1. The lowest BCUT2D eigenvalue weighted by Crippen LogP contribution is -2.24. The molecule has 0 aromatic heterocycles. The molecule has 0 bridgehead atoms. The third kappa shape index (κ3) is 4.31. The molecule has 0 heterocycles. The van der Waals surface area contributed by atoms with Crippen LogP contribution in [0.25, 0.3) is 0 Å². The Labute approximate surface area is 125 Å². The third-order valence-corrected chi connectivity index (χ3v) is 3.89. The lowest BCUT2D eigenvalue weighted by atomic mass is 10.0. The van der Waals surface area contributed by atoms with Crippen molar-refractivity contribution in [3.8, 4) is 0 Å². The number of rotatable bonds is 5. The Bertz CT molecular complexity index is 505. The molecule has 114 valence electrons. The first-order valence-corrected chi connectivity index (χ1v) is 7.63. The van der Waals surface area contributed by atoms with Gasteiger partial charge in [-0.3, -0.25) is 9.59 Å². The molecule has 0 radical (unpaired) electrons. The van der Waals surface area contributed by atoms with E-state index in [-0.39, 0.29) is 24.4 Å². The van der Waals surface area contributed by atoms with Crippen molar-refractivity contribution in [1.29, 1.82) is 0 Å². The van der Waals surface area contributed by atoms with Gasteiger partial charge in [0.25, 0.3) is 5.91 Å². The summed E-state index contributed by atoms with van der Waals surface area (Å²) < 4.78 is 5.11. The first kappa shape index (κ1) is 15.5. The van der Waals surface area contributed by atoms with Crippen LogP contribution in [0.4, 0.5) is 5.69 Å². The topological polar surface area (TPSA) is 55.4 Å². The molecule has 0 atom stereocenters. The molecule has 1 N–H and O–H groups in total. The number of carbonyl (C=O) groups is 2. The maximum Gasteiger partial charge on any atom is 0.309 e. The zero-order chi connectivity index (χ0) is 15.2. The lowest BCUT2D eigenvalue weighted by molar-refractivity contribution is -0.151. The van der Waals surface area contributed by atoms with Gasteiger partial charge in [0, 0.05) is 5.69 Å². The van der Waals surface area contributed by atoms with Crippen molar-refractivity contribution >= 4 is 17.6 Å². The smallest absolute Gasteiger partial charge is 0.309 e. The number of nitrogens with one attached hydrogen (secondary N) is 1. The average Bonchev–Trinajstić information content (AvgIpc) is 2.99. The van der Waals surface area contributed by atoms with E-state index >= 15 is 0 Å².